The Kier molecular flexibility index (Phi) is 7.46. The lowest BCUT2D eigenvalue weighted by atomic mass is 9.96. The molecule has 0 saturated carbocycles. The SMILES string of the molecule is [C-]#[N+]C(C(=O)OCCCCCC)=C(c1ccccc1)c1ccccc1. The average molecular weight is 333 g/mol. The zero-order valence-electron chi connectivity index (χ0n) is 14.6. The first-order valence-corrected chi connectivity index (χ1v) is 8.67. The summed E-state index contributed by atoms with van der Waals surface area (Å²) in [5.74, 6) is -0.547. The molecular weight excluding hydrogens is 310 g/mol. The van der Waals surface area contributed by atoms with E-state index in [-0.39, 0.29) is 5.70 Å². The van der Waals surface area contributed by atoms with Crippen LogP contribution in [0, 0.1) is 6.57 Å². The highest BCUT2D eigenvalue weighted by atomic mass is 16.5. The van der Waals surface area contributed by atoms with Crippen LogP contribution in [-0.4, -0.2) is 12.6 Å². The standard InChI is InChI=1S/C22H23NO2/c1-3-4-5-12-17-25-22(24)21(23-2)20(18-13-8-6-9-14-18)19-15-10-7-11-16-19/h6-11,13-16H,3-5,12,17H2,1H3. The van der Waals surface area contributed by atoms with Gasteiger partial charge in [0, 0.05) is 5.57 Å². The molecule has 0 aliphatic heterocycles. The number of unbranched alkanes of at least 4 members (excludes halogenated alkanes) is 3. The summed E-state index contributed by atoms with van der Waals surface area (Å²) in [5.41, 5.74) is 2.33. The van der Waals surface area contributed by atoms with E-state index in [1.54, 1.807) is 0 Å². The van der Waals surface area contributed by atoms with Crippen LogP contribution in [-0.2, 0) is 9.53 Å². The second-order valence-corrected chi connectivity index (χ2v) is 5.76. The van der Waals surface area contributed by atoms with Crippen molar-refractivity contribution in [2.75, 3.05) is 6.61 Å². The largest absolute Gasteiger partial charge is 0.471 e. The zero-order valence-corrected chi connectivity index (χ0v) is 14.6. The molecule has 0 aliphatic rings. The normalized spacial score (nSPS) is 9.92. The quantitative estimate of drug-likeness (QED) is 0.277. The summed E-state index contributed by atoms with van der Waals surface area (Å²) in [7, 11) is 0. The van der Waals surface area contributed by atoms with E-state index in [1.807, 2.05) is 60.7 Å². The molecule has 25 heavy (non-hydrogen) atoms. The maximum absolute atomic E-state index is 12.5. The van der Waals surface area contributed by atoms with Crippen molar-refractivity contribution in [3.8, 4) is 0 Å². The van der Waals surface area contributed by atoms with E-state index in [2.05, 4.69) is 11.8 Å². The van der Waals surface area contributed by atoms with Gasteiger partial charge in [-0.1, -0.05) is 86.8 Å². The molecule has 0 fully saturated rings. The van der Waals surface area contributed by atoms with Crippen LogP contribution in [0.3, 0.4) is 0 Å². The van der Waals surface area contributed by atoms with E-state index in [0.29, 0.717) is 12.2 Å². The first kappa shape index (κ1) is 18.5. The molecule has 0 unspecified atom stereocenters. The van der Waals surface area contributed by atoms with Gasteiger partial charge in [0.05, 0.1) is 13.2 Å². The smallest absolute Gasteiger partial charge is 0.336 e. The highest BCUT2D eigenvalue weighted by molar-refractivity contribution is 6.03. The Balaban J connectivity index is 2.31. The third kappa shape index (κ3) is 5.32. The third-order valence-corrected chi connectivity index (χ3v) is 3.90. The van der Waals surface area contributed by atoms with Crippen LogP contribution in [0.4, 0.5) is 0 Å². The van der Waals surface area contributed by atoms with E-state index in [0.717, 1.165) is 36.8 Å². The molecule has 0 radical (unpaired) electrons. The molecule has 0 saturated heterocycles. The van der Waals surface area contributed by atoms with Crippen molar-refractivity contribution >= 4 is 11.5 Å². The number of carbonyl (C=O) groups is 1. The first-order chi connectivity index (χ1) is 12.3. The van der Waals surface area contributed by atoms with Crippen LogP contribution >= 0.6 is 0 Å². The molecule has 0 atom stereocenters. The minimum Gasteiger partial charge on any atom is -0.471 e. The van der Waals surface area contributed by atoms with Crippen molar-refractivity contribution in [1.29, 1.82) is 0 Å². The van der Waals surface area contributed by atoms with Crippen LogP contribution in [0.1, 0.15) is 43.7 Å². The van der Waals surface area contributed by atoms with Gasteiger partial charge in [0.25, 0.3) is 5.70 Å². The number of benzene rings is 2. The van der Waals surface area contributed by atoms with Crippen LogP contribution in [0.5, 0.6) is 0 Å². The number of hydrogen-bond acceptors (Lipinski definition) is 2. The highest BCUT2D eigenvalue weighted by Gasteiger charge is 2.20. The van der Waals surface area contributed by atoms with Gasteiger partial charge >= 0.3 is 5.97 Å². The lowest BCUT2D eigenvalue weighted by molar-refractivity contribution is -0.138. The second-order valence-electron chi connectivity index (χ2n) is 5.76. The molecule has 2 aromatic carbocycles. The Labute approximate surface area is 149 Å². The molecule has 0 heterocycles. The molecule has 0 spiro atoms. The maximum Gasteiger partial charge on any atom is 0.336 e. The van der Waals surface area contributed by atoms with Crippen molar-refractivity contribution in [3.63, 3.8) is 0 Å². The monoisotopic (exact) mass is 333 g/mol. The van der Waals surface area contributed by atoms with E-state index in [4.69, 9.17) is 11.3 Å². The summed E-state index contributed by atoms with van der Waals surface area (Å²) in [5, 5.41) is 0. The first-order valence-electron chi connectivity index (χ1n) is 8.67. The molecule has 0 aliphatic carbocycles. The van der Waals surface area contributed by atoms with Crippen LogP contribution in [0.15, 0.2) is 66.4 Å². The van der Waals surface area contributed by atoms with Crippen molar-refractivity contribution in [2.24, 2.45) is 0 Å². The van der Waals surface area contributed by atoms with E-state index >= 15 is 0 Å². The molecule has 2 rings (SSSR count). The van der Waals surface area contributed by atoms with E-state index in [1.165, 1.54) is 0 Å². The zero-order chi connectivity index (χ0) is 17.9. The van der Waals surface area contributed by atoms with Gasteiger partial charge in [-0.3, -0.25) is 4.79 Å². The van der Waals surface area contributed by atoms with Gasteiger partial charge in [-0.25, -0.2) is 4.85 Å². The molecule has 2 aromatic rings. The van der Waals surface area contributed by atoms with Gasteiger partial charge in [-0.05, 0) is 17.5 Å². The molecule has 0 bridgehead atoms. The molecule has 3 nitrogen and oxygen atoms in total. The van der Waals surface area contributed by atoms with Gasteiger partial charge in [-0.15, -0.1) is 0 Å². The summed E-state index contributed by atoms with van der Waals surface area (Å²) in [6.45, 7) is 10.0. The lowest BCUT2D eigenvalue weighted by Gasteiger charge is -2.12. The maximum atomic E-state index is 12.5. The predicted octanol–water partition coefficient (Wildman–Crippen LogP) is 5.49. The van der Waals surface area contributed by atoms with Crippen LogP contribution < -0.4 is 0 Å². The second kappa shape index (κ2) is 10.1. The minimum absolute atomic E-state index is 0.0351. The van der Waals surface area contributed by atoms with E-state index < -0.39 is 5.97 Å². The Morgan fingerprint density at radius 3 is 1.96 bits per heavy atom. The number of rotatable bonds is 8. The molecule has 0 N–H and O–H groups in total. The van der Waals surface area contributed by atoms with Gasteiger partial charge in [0.1, 0.15) is 0 Å². The van der Waals surface area contributed by atoms with Gasteiger partial charge < -0.3 is 4.74 Å². The van der Waals surface area contributed by atoms with Crippen molar-refractivity contribution in [3.05, 3.63) is 88.9 Å². The van der Waals surface area contributed by atoms with Gasteiger partial charge in [0.2, 0.25) is 0 Å². The third-order valence-electron chi connectivity index (χ3n) is 3.90. The summed E-state index contributed by atoms with van der Waals surface area (Å²) >= 11 is 0. The molecule has 128 valence electrons. The van der Waals surface area contributed by atoms with Crippen molar-refractivity contribution < 1.29 is 9.53 Å². The lowest BCUT2D eigenvalue weighted by Crippen LogP contribution is -2.09. The average Bonchev–Trinajstić information content (AvgIpc) is 2.67. The van der Waals surface area contributed by atoms with E-state index in [9.17, 15) is 4.79 Å². The number of hydrogen-bond donors (Lipinski definition) is 0. The molecular formula is C22H23NO2. The Bertz CT molecular complexity index is 701. The van der Waals surface area contributed by atoms with Crippen LogP contribution in [0.2, 0.25) is 0 Å². The number of nitrogens with zero attached hydrogens (tertiary/aromatic N) is 1. The predicted molar refractivity (Wildman–Crippen MR) is 101 cm³/mol. The Morgan fingerprint density at radius 1 is 0.920 bits per heavy atom. The summed E-state index contributed by atoms with van der Waals surface area (Å²) in [4.78, 5) is 16.0. The Hall–Kier alpha value is -2.86. The molecule has 0 amide bonds. The summed E-state index contributed by atoms with van der Waals surface area (Å²) < 4.78 is 5.36. The van der Waals surface area contributed by atoms with Crippen molar-refractivity contribution in [1.82, 2.24) is 0 Å². The van der Waals surface area contributed by atoms with Crippen LogP contribution in [0.25, 0.3) is 10.4 Å². The number of carbonyl (C=O) groups excluding carboxylic acids is 1. The fourth-order valence-corrected chi connectivity index (χ4v) is 2.62. The summed E-state index contributed by atoms with van der Waals surface area (Å²) in [6, 6.07) is 19.0. The van der Waals surface area contributed by atoms with Gasteiger partial charge in [-0.2, -0.15) is 0 Å². The molecule has 0 aromatic heterocycles. The summed E-state index contributed by atoms with van der Waals surface area (Å²) in [6.07, 6.45) is 4.12. The topological polar surface area (TPSA) is 30.7 Å². The highest BCUT2D eigenvalue weighted by Crippen LogP contribution is 2.28. The number of ether oxygens (including phenoxy) is 1. The number of esters is 1. The van der Waals surface area contributed by atoms with Gasteiger partial charge in [0.15, 0.2) is 0 Å². The fraction of sp³-hybridized carbons (Fsp3) is 0.273. The Morgan fingerprint density at radius 2 is 1.48 bits per heavy atom. The molecule has 3 heteroatoms. The van der Waals surface area contributed by atoms with Crippen molar-refractivity contribution in [2.45, 2.75) is 32.6 Å². The fourth-order valence-electron chi connectivity index (χ4n) is 2.62. The minimum atomic E-state index is -0.547.